The van der Waals surface area contributed by atoms with Gasteiger partial charge in [-0.1, -0.05) is 49.4 Å². The SMILES string of the molecule is CCN(C(C)=O)C(SNc1ccc(CCN2CCCC2)cc1)[C@H](N)C(=O)NCC(C)c1ccccc1. The van der Waals surface area contributed by atoms with Gasteiger partial charge < -0.3 is 25.6 Å². The molecule has 1 aliphatic rings. The number of anilines is 1. The van der Waals surface area contributed by atoms with E-state index >= 15 is 0 Å². The van der Waals surface area contributed by atoms with Crippen molar-refractivity contribution in [2.24, 2.45) is 5.73 Å². The number of hydrogen-bond donors (Lipinski definition) is 3. The van der Waals surface area contributed by atoms with Crippen LogP contribution in [0.4, 0.5) is 5.69 Å². The van der Waals surface area contributed by atoms with Gasteiger partial charge in [0.05, 0.1) is 0 Å². The van der Waals surface area contributed by atoms with Crippen LogP contribution in [-0.4, -0.2) is 65.8 Å². The molecule has 3 atom stereocenters. The van der Waals surface area contributed by atoms with E-state index in [2.05, 4.69) is 34.0 Å². The van der Waals surface area contributed by atoms with Crippen LogP contribution in [0, 0.1) is 0 Å². The van der Waals surface area contributed by atoms with Gasteiger partial charge in [-0.25, -0.2) is 0 Å². The van der Waals surface area contributed by atoms with Crippen LogP contribution in [0.25, 0.3) is 0 Å². The molecule has 8 heteroatoms. The number of nitrogens with one attached hydrogen (secondary N) is 2. The number of nitrogens with two attached hydrogens (primary N) is 1. The Morgan fingerprint density at radius 1 is 1.08 bits per heavy atom. The highest BCUT2D eigenvalue weighted by Crippen LogP contribution is 2.23. The van der Waals surface area contributed by atoms with Crippen LogP contribution in [0.1, 0.15) is 50.7 Å². The third-order valence-electron chi connectivity index (χ3n) is 6.78. The van der Waals surface area contributed by atoms with Crippen LogP contribution < -0.4 is 15.8 Å². The van der Waals surface area contributed by atoms with Crippen molar-refractivity contribution in [1.82, 2.24) is 15.1 Å². The van der Waals surface area contributed by atoms with E-state index in [1.54, 1.807) is 4.90 Å². The number of amides is 2. The predicted molar refractivity (Wildman–Crippen MR) is 150 cm³/mol. The lowest BCUT2D eigenvalue weighted by atomic mass is 10.0. The highest BCUT2D eigenvalue weighted by molar-refractivity contribution is 8.01. The van der Waals surface area contributed by atoms with Crippen molar-refractivity contribution >= 4 is 29.4 Å². The van der Waals surface area contributed by atoms with Crippen LogP contribution >= 0.6 is 11.9 Å². The standard InChI is InChI=1S/C28H41N5O2S/c1-4-33(22(3)34)28(26(29)27(35)30-20-21(2)24-10-6-5-7-11-24)36-31-25-14-12-23(13-15-25)16-19-32-17-8-9-18-32/h5-7,10-15,21,26,28,31H,4,8-9,16-20,29H2,1-3H3,(H,30,35)/t21?,26-,28?/m1/s1. The number of carbonyl (C=O) groups excluding carboxylic acids is 2. The van der Waals surface area contributed by atoms with Crippen molar-refractivity contribution in [1.29, 1.82) is 0 Å². The molecule has 7 nitrogen and oxygen atoms in total. The van der Waals surface area contributed by atoms with E-state index in [1.807, 2.05) is 49.4 Å². The number of rotatable bonds is 13. The Morgan fingerprint density at radius 3 is 2.36 bits per heavy atom. The van der Waals surface area contributed by atoms with Gasteiger partial charge >= 0.3 is 0 Å². The number of hydrogen-bond acceptors (Lipinski definition) is 6. The lowest BCUT2D eigenvalue weighted by molar-refractivity contribution is -0.131. The quantitative estimate of drug-likeness (QED) is 0.280. The molecule has 196 valence electrons. The first-order valence-corrected chi connectivity index (χ1v) is 13.9. The fourth-order valence-electron chi connectivity index (χ4n) is 4.47. The summed E-state index contributed by atoms with van der Waals surface area (Å²) in [7, 11) is 0. The van der Waals surface area contributed by atoms with Crippen LogP contribution in [0.3, 0.4) is 0 Å². The van der Waals surface area contributed by atoms with Crippen LogP contribution in [0.5, 0.6) is 0 Å². The van der Waals surface area contributed by atoms with Crippen LogP contribution in [-0.2, 0) is 16.0 Å². The Hall–Kier alpha value is -2.55. The largest absolute Gasteiger partial charge is 0.354 e. The summed E-state index contributed by atoms with van der Waals surface area (Å²) in [5, 5.41) is 2.43. The monoisotopic (exact) mass is 511 g/mol. The van der Waals surface area contributed by atoms with E-state index < -0.39 is 11.4 Å². The van der Waals surface area contributed by atoms with Gasteiger partial charge in [0.1, 0.15) is 11.4 Å². The normalized spacial score (nSPS) is 16.2. The van der Waals surface area contributed by atoms with E-state index in [0.29, 0.717) is 13.1 Å². The lowest BCUT2D eigenvalue weighted by Gasteiger charge is -2.33. The third kappa shape index (κ3) is 8.25. The Bertz CT molecular complexity index is 950. The molecule has 0 bridgehead atoms. The minimum Gasteiger partial charge on any atom is -0.354 e. The second kappa shape index (κ2) is 14.3. The molecule has 0 spiro atoms. The highest BCUT2D eigenvalue weighted by Gasteiger charge is 2.32. The van der Waals surface area contributed by atoms with E-state index in [4.69, 9.17) is 5.73 Å². The second-order valence-electron chi connectivity index (χ2n) is 9.49. The first-order chi connectivity index (χ1) is 17.4. The van der Waals surface area contributed by atoms with Crippen molar-refractivity contribution in [3.63, 3.8) is 0 Å². The predicted octanol–water partition coefficient (Wildman–Crippen LogP) is 3.83. The molecule has 36 heavy (non-hydrogen) atoms. The van der Waals surface area contributed by atoms with Crippen molar-refractivity contribution in [3.05, 3.63) is 65.7 Å². The summed E-state index contributed by atoms with van der Waals surface area (Å²) in [6, 6.07) is 17.5. The maximum Gasteiger partial charge on any atom is 0.240 e. The highest BCUT2D eigenvalue weighted by atomic mass is 32.2. The Balaban J connectivity index is 1.57. The zero-order valence-corrected chi connectivity index (χ0v) is 22.6. The molecule has 2 amide bonds. The summed E-state index contributed by atoms with van der Waals surface area (Å²) in [6.45, 7) is 9.93. The average Bonchev–Trinajstić information content (AvgIpc) is 3.42. The molecule has 1 saturated heterocycles. The summed E-state index contributed by atoms with van der Waals surface area (Å²) in [5.41, 5.74) is 9.79. The van der Waals surface area contributed by atoms with Gasteiger partial charge in [0.2, 0.25) is 11.8 Å². The molecular weight excluding hydrogens is 470 g/mol. The zero-order valence-electron chi connectivity index (χ0n) is 21.8. The average molecular weight is 512 g/mol. The minimum absolute atomic E-state index is 0.116. The van der Waals surface area contributed by atoms with Gasteiger partial charge in [-0.05, 0) is 80.4 Å². The molecule has 0 aliphatic carbocycles. The van der Waals surface area contributed by atoms with E-state index in [-0.39, 0.29) is 17.7 Å². The number of benzene rings is 2. The summed E-state index contributed by atoms with van der Waals surface area (Å²) in [4.78, 5) is 29.5. The van der Waals surface area contributed by atoms with Gasteiger partial charge in [0.25, 0.3) is 0 Å². The molecule has 2 aromatic rings. The van der Waals surface area contributed by atoms with Crippen molar-refractivity contribution < 1.29 is 9.59 Å². The van der Waals surface area contributed by atoms with Crippen LogP contribution in [0.15, 0.2) is 54.6 Å². The van der Waals surface area contributed by atoms with Gasteiger partial charge in [0.15, 0.2) is 0 Å². The topological polar surface area (TPSA) is 90.7 Å². The van der Waals surface area contributed by atoms with Crippen molar-refractivity contribution in [3.8, 4) is 0 Å². The fourth-order valence-corrected chi connectivity index (χ4v) is 5.56. The third-order valence-corrected chi connectivity index (χ3v) is 7.92. The Labute approximate surface area is 220 Å². The smallest absolute Gasteiger partial charge is 0.240 e. The summed E-state index contributed by atoms with van der Waals surface area (Å²) in [6.07, 6.45) is 3.65. The summed E-state index contributed by atoms with van der Waals surface area (Å²) < 4.78 is 3.32. The van der Waals surface area contributed by atoms with Gasteiger partial charge in [0, 0.05) is 32.2 Å². The summed E-state index contributed by atoms with van der Waals surface area (Å²) >= 11 is 1.30. The molecule has 2 aromatic carbocycles. The first-order valence-electron chi connectivity index (χ1n) is 13.0. The van der Waals surface area contributed by atoms with Crippen molar-refractivity contribution in [2.75, 3.05) is 37.4 Å². The summed E-state index contributed by atoms with van der Waals surface area (Å²) in [5.74, 6) is -0.227. The minimum atomic E-state index is -0.881. The number of nitrogens with zero attached hydrogens (tertiary/aromatic N) is 2. The first kappa shape index (κ1) is 28.0. The molecular formula is C28H41N5O2S. The molecule has 1 fully saturated rings. The molecule has 4 N–H and O–H groups in total. The fraction of sp³-hybridized carbons (Fsp3) is 0.500. The van der Waals surface area contributed by atoms with Crippen molar-refractivity contribution in [2.45, 2.75) is 57.4 Å². The number of carbonyl (C=O) groups is 2. The maximum atomic E-state index is 13.0. The molecule has 1 aliphatic heterocycles. The van der Waals surface area contributed by atoms with Gasteiger partial charge in [-0.3, -0.25) is 9.59 Å². The molecule has 3 rings (SSSR count). The number of likely N-dealkylation sites (tertiary alicyclic amines) is 1. The van der Waals surface area contributed by atoms with E-state index in [9.17, 15) is 9.59 Å². The zero-order chi connectivity index (χ0) is 25.9. The van der Waals surface area contributed by atoms with E-state index in [1.165, 1.54) is 50.4 Å². The molecule has 0 radical (unpaired) electrons. The Kier molecular flexibility index (Phi) is 11.1. The van der Waals surface area contributed by atoms with Gasteiger partial charge in [-0.2, -0.15) is 0 Å². The van der Waals surface area contributed by atoms with E-state index in [0.717, 1.165) is 24.2 Å². The second-order valence-corrected chi connectivity index (χ2v) is 10.4. The van der Waals surface area contributed by atoms with Crippen LogP contribution in [0.2, 0.25) is 0 Å². The molecule has 0 aromatic heterocycles. The molecule has 0 saturated carbocycles. The van der Waals surface area contributed by atoms with Gasteiger partial charge in [-0.15, -0.1) is 0 Å². The lowest BCUT2D eigenvalue weighted by Crippen LogP contribution is -2.55. The number of likely N-dealkylation sites (N-methyl/N-ethyl adjacent to an activating group) is 1. The Morgan fingerprint density at radius 2 is 1.75 bits per heavy atom. The maximum absolute atomic E-state index is 13.0. The molecule has 2 unspecified atom stereocenters. The molecule has 1 heterocycles.